The molecule has 0 aromatic heterocycles. The van der Waals surface area contributed by atoms with Crippen LogP contribution in [0.4, 0.5) is 0 Å². The smallest absolute Gasteiger partial charge is 0.394 e. The molecule has 0 fully saturated rings. The van der Waals surface area contributed by atoms with Gasteiger partial charge < -0.3 is 5.48 Å². The molecule has 8 heavy (non-hydrogen) atoms. The van der Waals surface area contributed by atoms with Crippen LogP contribution in [0.5, 0.6) is 0 Å². The minimum absolute atomic E-state index is 0. The van der Waals surface area contributed by atoms with Gasteiger partial charge in [0.2, 0.25) is 0 Å². The van der Waals surface area contributed by atoms with E-state index in [0.717, 1.165) is 0 Å². The Morgan fingerprint density at radius 1 is 1.12 bits per heavy atom. The van der Waals surface area contributed by atoms with Crippen molar-refractivity contribution in [2.45, 2.75) is 0 Å². The Morgan fingerprint density at radius 3 is 1.12 bits per heavy atom. The first-order valence-electron chi connectivity index (χ1n) is 0.698. The second kappa shape index (κ2) is 9.41. The summed E-state index contributed by atoms with van der Waals surface area (Å²) in [6, 6.07) is 0. The molecular formula is H4AlCsO5S. The molecule has 0 rings (SSSR count). The largest absolute Gasteiger partial charge is 0.412 e. The van der Waals surface area contributed by atoms with Gasteiger partial charge in [-0.05, 0) is 0 Å². The SMILES string of the molecule is O.O=S(=O)(O)O.[Al].[Cs]. The molecule has 0 amide bonds. The fourth-order valence-corrected chi connectivity index (χ4v) is 0. The van der Waals surface area contributed by atoms with Crippen LogP contribution in [0, 0.1) is 0 Å². The second-order valence-corrected chi connectivity index (χ2v) is 1.34. The predicted octanol–water partition coefficient (Wildman–Crippen LogP) is -2.24. The van der Waals surface area contributed by atoms with E-state index >= 15 is 0 Å². The average molecular weight is 276 g/mol. The molecule has 5 nitrogen and oxygen atoms in total. The van der Waals surface area contributed by atoms with Crippen LogP contribution in [0.25, 0.3) is 0 Å². The molecule has 0 aromatic rings. The van der Waals surface area contributed by atoms with Gasteiger partial charge in [-0.3, -0.25) is 9.11 Å². The van der Waals surface area contributed by atoms with Gasteiger partial charge in [-0.2, -0.15) is 8.42 Å². The summed E-state index contributed by atoms with van der Waals surface area (Å²) in [5.41, 5.74) is 0. The van der Waals surface area contributed by atoms with E-state index in [4.69, 9.17) is 17.5 Å². The van der Waals surface area contributed by atoms with E-state index in [2.05, 4.69) is 0 Å². The Hall–Kier alpha value is 2.41. The maximum Gasteiger partial charge on any atom is 0.394 e. The molecule has 0 saturated carbocycles. The van der Waals surface area contributed by atoms with E-state index in [1.165, 1.54) is 0 Å². The van der Waals surface area contributed by atoms with E-state index < -0.39 is 10.4 Å². The van der Waals surface area contributed by atoms with Crippen LogP contribution in [-0.4, -0.2) is 109 Å². The molecule has 0 spiro atoms. The van der Waals surface area contributed by atoms with Gasteiger partial charge in [-0.25, -0.2) is 0 Å². The molecule has 4 radical (unpaired) electrons. The van der Waals surface area contributed by atoms with Gasteiger partial charge in [0.25, 0.3) is 0 Å². The van der Waals surface area contributed by atoms with Gasteiger partial charge in [0.05, 0.1) is 0 Å². The first kappa shape index (κ1) is 22.4. The molecule has 0 saturated heterocycles. The van der Waals surface area contributed by atoms with Crippen LogP contribution in [-0.2, 0) is 10.4 Å². The summed E-state index contributed by atoms with van der Waals surface area (Å²) < 4.78 is 31.6. The van der Waals surface area contributed by atoms with Crippen molar-refractivity contribution in [3.05, 3.63) is 0 Å². The summed E-state index contributed by atoms with van der Waals surface area (Å²) >= 11 is 0. The van der Waals surface area contributed by atoms with Crippen molar-refractivity contribution in [1.29, 1.82) is 0 Å². The monoisotopic (exact) mass is 276 g/mol. The minimum Gasteiger partial charge on any atom is -0.412 e. The quantitative estimate of drug-likeness (QED) is 0.385. The third-order valence-electron chi connectivity index (χ3n) is 0. The van der Waals surface area contributed by atoms with Crippen LogP contribution >= 0.6 is 0 Å². The van der Waals surface area contributed by atoms with Crippen LogP contribution in [0.15, 0.2) is 0 Å². The van der Waals surface area contributed by atoms with Crippen molar-refractivity contribution < 1.29 is 23.0 Å². The van der Waals surface area contributed by atoms with Crippen LogP contribution in [0.2, 0.25) is 0 Å². The van der Waals surface area contributed by atoms with Crippen molar-refractivity contribution in [3.8, 4) is 0 Å². The molecule has 0 unspecified atom stereocenters. The number of hydrogen-bond acceptors (Lipinski definition) is 2. The van der Waals surface area contributed by atoms with E-state index in [1.807, 2.05) is 0 Å². The maximum atomic E-state index is 8.74. The van der Waals surface area contributed by atoms with Gasteiger partial charge in [0.15, 0.2) is 0 Å². The Bertz CT molecular complexity index is 95.6. The van der Waals surface area contributed by atoms with Crippen molar-refractivity contribution >= 4 is 96.7 Å². The van der Waals surface area contributed by atoms with E-state index in [0.29, 0.717) is 0 Å². The maximum absolute atomic E-state index is 8.74. The van der Waals surface area contributed by atoms with Gasteiger partial charge >= 0.3 is 10.4 Å². The summed E-state index contributed by atoms with van der Waals surface area (Å²) in [4.78, 5) is 0. The molecule has 0 bridgehead atoms. The zero-order valence-electron chi connectivity index (χ0n) is 4.20. The van der Waals surface area contributed by atoms with Crippen LogP contribution < -0.4 is 0 Å². The normalized spacial score (nSPS) is 7.25. The number of rotatable bonds is 0. The van der Waals surface area contributed by atoms with Crippen molar-refractivity contribution in [3.63, 3.8) is 0 Å². The van der Waals surface area contributed by atoms with Gasteiger partial charge in [0, 0.05) is 86.3 Å². The van der Waals surface area contributed by atoms with E-state index in [-0.39, 0.29) is 91.7 Å². The van der Waals surface area contributed by atoms with Gasteiger partial charge in [-0.1, -0.05) is 0 Å². The average Bonchev–Trinajstić information content (AvgIpc) is 0.722. The molecule has 8 heteroatoms. The Morgan fingerprint density at radius 2 is 1.12 bits per heavy atom. The van der Waals surface area contributed by atoms with Crippen LogP contribution in [0.3, 0.4) is 0 Å². The van der Waals surface area contributed by atoms with Gasteiger partial charge in [0.1, 0.15) is 0 Å². The summed E-state index contributed by atoms with van der Waals surface area (Å²) in [5, 5.41) is 0. The molecule has 44 valence electrons. The molecule has 0 aliphatic carbocycles. The molecule has 4 N–H and O–H groups in total. The summed E-state index contributed by atoms with van der Waals surface area (Å²) in [7, 11) is -4.67. The Balaban J connectivity index is -0.0000000267. The molecule has 0 aliphatic rings. The number of hydrogen-bond donors (Lipinski definition) is 2. The zero-order chi connectivity index (χ0) is 4.50. The second-order valence-electron chi connectivity index (χ2n) is 0.448. The third kappa shape index (κ3) is 79.4. The summed E-state index contributed by atoms with van der Waals surface area (Å²) in [5.74, 6) is 0. The fourth-order valence-electron chi connectivity index (χ4n) is 0. The van der Waals surface area contributed by atoms with E-state index in [9.17, 15) is 0 Å². The van der Waals surface area contributed by atoms with E-state index in [1.54, 1.807) is 0 Å². The van der Waals surface area contributed by atoms with Crippen molar-refractivity contribution in [2.24, 2.45) is 0 Å². The summed E-state index contributed by atoms with van der Waals surface area (Å²) in [6.45, 7) is 0. The van der Waals surface area contributed by atoms with Crippen molar-refractivity contribution in [2.75, 3.05) is 0 Å². The Kier molecular flexibility index (Phi) is 26.4. The first-order valence-corrected chi connectivity index (χ1v) is 2.10. The molecule has 0 aromatic carbocycles. The topological polar surface area (TPSA) is 106 Å². The fraction of sp³-hybridized carbons (Fsp3) is 0. The first-order chi connectivity index (χ1) is 2.00. The van der Waals surface area contributed by atoms with Crippen molar-refractivity contribution in [1.82, 2.24) is 0 Å². The minimum atomic E-state index is -4.67. The Labute approximate surface area is 117 Å². The molecule has 0 atom stereocenters. The predicted molar refractivity (Wildman–Crippen MR) is 29.3 cm³/mol. The zero-order valence-corrected chi connectivity index (χ0v) is 12.4. The summed E-state index contributed by atoms with van der Waals surface area (Å²) in [6.07, 6.45) is 0. The molecule has 0 aliphatic heterocycles. The van der Waals surface area contributed by atoms with Crippen LogP contribution in [0.1, 0.15) is 0 Å². The molecular weight excluding hydrogens is 272 g/mol. The standard InChI is InChI=1S/Al.Cs.H2O4S.H2O/c;;1-5(2,3)4;/h;;(H2,1,2,3,4);1H2. The third-order valence-corrected chi connectivity index (χ3v) is 0. The van der Waals surface area contributed by atoms with Gasteiger partial charge in [-0.15, -0.1) is 0 Å². The molecule has 0 heterocycles.